The quantitative estimate of drug-likeness (QED) is 0.392. The molecule has 0 saturated carbocycles. The van der Waals surface area contributed by atoms with E-state index in [2.05, 4.69) is 40.4 Å². The van der Waals surface area contributed by atoms with Crippen molar-refractivity contribution in [2.24, 2.45) is 0 Å². The molecule has 0 bridgehead atoms. The third kappa shape index (κ3) is 5.08. The van der Waals surface area contributed by atoms with Crippen molar-refractivity contribution in [3.05, 3.63) is 48.0 Å². The Labute approximate surface area is 163 Å². The molecule has 1 aliphatic heterocycles. The highest BCUT2D eigenvalue weighted by Gasteiger charge is 2.44. The molecule has 1 heterocycles. The predicted molar refractivity (Wildman–Crippen MR) is 110 cm³/mol. The first-order chi connectivity index (χ1) is 12.6. The predicted octanol–water partition coefficient (Wildman–Crippen LogP) is 4.96. The number of rotatable bonds is 6. The van der Waals surface area contributed by atoms with Gasteiger partial charge in [0.2, 0.25) is 0 Å². The van der Waals surface area contributed by atoms with Gasteiger partial charge in [0.25, 0.3) is 0 Å². The number of likely N-dealkylation sites (tertiary alicyclic amines) is 1. The molecule has 1 aliphatic rings. The van der Waals surface area contributed by atoms with Crippen molar-refractivity contribution >= 4 is 20.7 Å². The molecule has 0 radical (unpaired) electrons. The van der Waals surface area contributed by atoms with E-state index in [-0.39, 0.29) is 29.9 Å². The number of aldehydes is 1. The van der Waals surface area contributed by atoms with Crippen LogP contribution in [-0.2, 0) is 9.16 Å². The highest BCUT2D eigenvalue weighted by Crippen LogP contribution is 2.41. The van der Waals surface area contributed by atoms with Gasteiger partial charge < -0.3 is 9.16 Å². The maximum Gasteiger partial charge on any atom is 0.410 e. The van der Waals surface area contributed by atoms with Crippen LogP contribution in [0.15, 0.2) is 36.9 Å². The van der Waals surface area contributed by atoms with Gasteiger partial charge in [-0.05, 0) is 30.1 Å². The van der Waals surface area contributed by atoms with E-state index in [0.29, 0.717) is 12.1 Å². The fraction of sp³-hybridized carbons (Fsp3) is 0.524. The summed E-state index contributed by atoms with van der Waals surface area (Å²) in [6.07, 6.45) is 2.71. The van der Waals surface area contributed by atoms with Crippen LogP contribution in [0, 0.1) is 0 Å². The van der Waals surface area contributed by atoms with Crippen molar-refractivity contribution in [1.82, 2.24) is 4.90 Å². The van der Waals surface area contributed by atoms with Gasteiger partial charge in [0.1, 0.15) is 12.9 Å². The molecule has 2 atom stereocenters. The smallest absolute Gasteiger partial charge is 0.410 e. The van der Waals surface area contributed by atoms with Crippen molar-refractivity contribution in [3.63, 3.8) is 0 Å². The Balaban J connectivity index is 2.23. The monoisotopic (exact) mass is 389 g/mol. The standard InChI is InChI=1S/C21H31NO4Si/c1-7-12-25-20(24)22-14-18(26-27(5,6)21(2,3)4)13-19(22)17-10-8-16(15-23)9-11-17/h7-11,15,18-19H,1,12-14H2,2-6H3/t18-,19-/m1/s1. The van der Waals surface area contributed by atoms with E-state index in [4.69, 9.17) is 9.16 Å². The topological polar surface area (TPSA) is 55.8 Å². The van der Waals surface area contributed by atoms with Gasteiger partial charge in [-0.25, -0.2) is 4.79 Å². The molecule has 0 spiro atoms. The second-order valence-electron chi connectivity index (χ2n) is 8.55. The normalized spacial score (nSPS) is 20.4. The molecule has 1 amide bonds. The van der Waals surface area contributed by atoms with Crippen LogP contribution in [0.4, 0.5) is 4.79 Å². The van der Waals surface area contributed by atoms with E-state index in [1.54, 1.807) is 23.1 Å². The van der Waals surface area contributed by atoms with Crippen LogP contribution < -0.4 is 0 Å². The summed E-state index contributed by atoms with van der Waals surface area (Å²) in [7, 11) is -1.95. The molecule has 1 aromatic rings. The van der Waals surface area contributed by atoms with Crippen molar-refractivity contribution in [1.29, 1.82) is 0 Å². The van der Waals surface area contributed by atoms with Crippen LogP contribution in [0.2, 0.25) is 18.1 Å². The third-order valence-corrected chi connectivity index (χ3v) is 10.1. The summed E-state index contributed by atoms with van der Waals surface area (Å²) in [5, 5.41) is 0.102. The lowest BCUT2D eigenvalue weighted by atomic mass is 10.0. The summed E-state index contributed by atoms with van der Waals surface area (Å²) in [5.74, 6) is 0. The Morgan fingerprint density at radius 2 is 1.93 bits per heavy atom. The van der Waals surface area contributed by atoms with Crippen molar-refractivity contribution in [2.45, 2.75) is 57.5 Å². The lowest BCUT2D eigenvalue weighted by Crippen LogP contribution is -2.44. The van der Waals surface area contributed by atoms with E-state index in [9.17, 15) is 9.59 Å². The minimum Gasteiger partial charge on any atom is -0.445 e. The largest absolute Gasteiger partial charge is 0.445 e. The number of amides is 1. The minimum absolute atomic E-state index is 0.0297. The number of carbonyl (C=O) groups is 2. The number of hydrogen-bond donors (Lipinski definition) is 0. The van der Waals surface area contributed by atoms with Crippen LogP contribution in [0.3, 0.4) is 0 Å². The van der Waals surface area contributed by atoms with Crippen LogP contribution >= 0.6 is 0 Å². The van der Waals surface area contributed by atoms with Crippen LogP contribution in [-0.4, -0.2) is 44.9 Å². The maximum atomic E-state index is 12.6. The average molecular weight is 390 g/mol. The summed E-state index contributed by atoms with van der Waals surface area (Å²) >= 11 is 0. The molecule has 0 N–H and O–H groups in total. The molecular formula is C21H31NO4Si. The summed E-state index contributed by atoms with van der Waals surface area (Å²) in [5.41, 5.74) is 1.60. The molecule has 1 fully saturated rings. The number of benzene rings is 1. The summed E-state index contributed by atoms with van der Waals surface area (Å²) in [6.45, 7) is 15.3. The molecule has 1 aromatic carbocycles. The third-order valence-electron chi connectivity index (χ3n) is 5.55. The van der Waals surface area contributed by atoms with Crippen LogP contribution in [0.5, 0.6) is 0 Å². The summed E-state index contributed by atoms with van der Waals surface area (Å²) in [4.78, 5) is 25.2. The van der Waals surface area contributed by atoms with Crippen molar-refractivity contribution in [2.75, 3.05) is 13.2 Å². The Bertz CT molecular complexity index is 678. The fourth-order valence-electron chi connectivity index (χ4n) is 3.00. The number of ether oxygens (including phenoxy) is 1. The molecule has 0 aromatic heterocycles. The summed E-state index contributed by atoms with van der Waals surface area (Å²) in [6, 6.07) is 7.22. The van der Waals surface area contributed by atoms with E-state index in [1.165, 1.54) is 0 Å². The zero-order chi connectivity index (χ0) is 20.2. The molecule has 1 saturated heterocycles. The lowest BCUT2D eigenvalue weighted by molar-refractivity contribution is 0.103. The molecule has 6 heteroatoms. The number of nitrogens with zero attached hydrogens (tertiary/aromatic N) is 1. The molecule has 148 valence electrons. The Morgan fingerprint density at radius 1 is 1.30 bits per heavy atom. The van der Waals surface area contributed by atoms with Gasteiger partial charge in [-0.15, -0.1) is 0 Å². The van der Waals surface area contributed by atoms with Crippen LogP contribution in [0.1, 0.15) is 49.2 Å². The molecular weight excluding hydrogens is 358 g/mol. The van der Waals surface area contributed by atoms with E-state index in [0.717, 1.165) is 18.3 Å². The first-order valence-electron chi connectivity index (χ1n) is 9.36. The maximum absolute atomic E-state index is 12.6. The van der Waals surface area contributed by atoms with E-state index >= 15 is 0 Å². The van der Waals surface area contributed by atoms with Crippen LogP contribution in [0.25, 0.3) is 0 Å². The van der Waals surface area contributed by atoms with Gasteiger partial charge >= 0.3 is 6.09 Å². The minimum atomic E-state index is -1.95. The van der Waals surface area contributed by atoms with Gasteiger partial charge in [-0.2, -0.15) is 0 Å². The lowest BCUT2D eigenvalue weighted by Gasteiger charge is -2.38. The molecule has 0 aliphatic carbocycles. The van der Waals surface area contributed by atoms with Gasteiger partial charge in [0.05, 0.1) is 12.1 Å². The Hall–Kier alpha value is -1.92. The molecule has 0 unspecified atom stereocenters. The van der Waals surface area contributed by atoms with Crippen molar-refractivity contribution in [3.8, 4) is 0 Å². The first-order valence-corrected chi connectivity index (χ1v) is 12.3. The van der Waals surface area contributed by atoms with E-state index < -0.39 is 8.32 Å². The van der Waals surface area contributed by atoms with E-state index in [1.807, 2.05) is 12.1 Å². The number of carbonyl (C=O) groups excluding carboxylic acids is 2. The Morgan fingerprint density at radius 3 is 2.44 bits per heavy atom. The second-order valence-corrected chi connectivity index (χ2v) is 13.3. The van der Waals surface area contributed by atoms with Crippen molar-refractivity contribution < 1.29 is 18.8 Å². The zero-order valence-corrected chi connectivity index (χ0v) is 18.0. The highest BCUT2D eigenvalue weighted by atomic mass is 28.4. The van der Waals surface area contributed by atoms with Gasteiger partial charge in [-0.1, -0.05) is 57.7 Å². The van der Waals surface area contributed by atoms with Gasteiger partial charge in [0.15, 0.2) is 8.32 Å². The molecule has 27 heavy (non-hydrogen) atoms. The van der Waals surface area contributed by atoms with Gasteiger partial charge in [0, 0.05) is 12.1 Å². The first kappa shape index (κ1) is 21.4. The average Bonchev–Trinajstić information content (AvgIpc) is 3.02. The fourth-order valence-corrected chi connectivity index (χ4v) is 4.36. The van der Waals surface area contributed by atoms with Gasteiger partial charge in [-0.3, -0.25) is 9.69 Å². The summed E-state index contributed by atoms with van der Waals surface area (Å²) < 4.78 is 11.8. The molecule has 5 nitrogen and oxygen atoms in total. The highest BCUT2D eigenvalue weighted by molar-refractivity contribution is 6.74. The molecule has 2 rings (SSSR count). The second kappa shape index (κ2) is 8.40. The number of hydrogen-bond acceptors (Lipinski definition) is 4. The Kier molecular flexibility index (Phi) is 6.65. The SMILES string of the molecule is C=CCOC(=O)N1C[C@H](O[Si](C)(C)C(C)(C)C)C[C@@H]1c1ccc(C=O)cc1. The zero-order valence-electron chi connectivity index (χ0n) is 17.0.